The van der Waals surface area contributed by atoms with Gasteiger partial charge in [0, 0.05) is 12.6 Å². The summed E-state index contributed by atoms with van der Waals surface area (Å²) in [5, 5.41) is 14.0. The van der Waals surface area contributed by atoms with Gasteiger partial charge in [-0.25, -0.2) is 0 Å². The van der Waals surface area contributed by atoms with Crippen LogP contribution in [0.3, 0.4) is 0 Å². The third-order valence-electron chi connectivity index (χ3n) is 3.02. The van der Waals surface area contributed by atoms with Crippen molar-refractivity contribution in [2.75, 3.05) is 0 Å². The molecule has 0 radical (unpaired) electrons. The second-order valence-corrected chi connectivity index (χ2v) is 5.80. The van der Waals surface area contributed by atoms with E-state index in [4.69, 9.17) is 11.6 Å². The van der Waals surface area contributed by atoms with E-state index in [1.54, 1.807) is 11.7 Å². The molecule has 0 aromatic carbocycles. The number of carboxylic acid groups (broad SMARTS) is 1. The van der Waals surface area contributed by atoms with Crippen molar-refractivity contribution in [1.82, 2.24) is 9.78 Å². The summed E-state index contributed by atoms with van der Waals surface area (Å²) in [5.74, 6) is -1.26. The Morgan fingerprint density at radius 3 is 2.35 bits per heavy atom. The standard InChI is InChI=1S/C12H19ClN2O2/c1-7-8(10(13)15(5)14-7)6-9(11(16)17)12(2,3)4/h9H,6H2,1-5H3,(H,16,17). The fraction of sp³-hybridized carbons (Fsp3) is 0.667. The molecule has 0 aliphatic carbocycles. The van der Waals surface area contributed by atoms with Gasteiger partial charge in [0.15, 0.2) is 0 Å². The number of rotatable bonds is 3. The van der Waals surface area contributed by atoms with E-state index in [-0.39, 0.29) is 5.41 Å². The summed E-state index contributed by atoms with van der Waals surface area (Å²) in [6.07, 6.45) is 0.414. The first-order valence-corrected chi connectivity index (χ1v) is 5.93. The molecule has 96 valence electrons. The SMILES string of the molecule is Cc1nn(C)c(Cl)c1CC(C(=O)O)C(C)(C)C. The molecular formula is C12H19ClN2O2. The van der Waals surface area contributed by atoms with E-state index < -0.39 is 11.9 Å². The molecule has 0 saturated heterocycles. The maximum atomic E-state index is 11.3. The predicted molar refractivity (Wildman–Crippen MR) is 67.2 cm³/mol. The Labute approximate surface area is 107 Å². The Morgan fingerprint density at radius 1 is 1.53 bits per heavy atom. The normalized spacial score (nSPS) is 13.8. The summed E-state index contributed by atoms with van der Waals surface area (Å²) in [6.45, 7) is 7.62. The van der Waals surface area contributed by atoms with Gasteiger partial charge in [0.2, 0.25) is 0 Å². The van der Waals surface area contributed by atoms with Crippen LogP contribution in [0.15, 0.2) is 0 Å². The molecule has 0 fully saturated rings. The number of hydrogen-bond donors (Lipinski definition) is 1. The van der Waals surface area contributed by atoms with Gasteiger partial charge in [0.25, 0.3) is 0 Å². The van der Waals surface area contributed by atoms with Crippen molar-refractivity contribution in [2.45, 2.75) is 34.1 Å². The minimum absolute atomic E-state index is 0.308. The number of aromatic nitrogens is 2. The van der Waals surface area contributed by atoms with Crippen LogP contribution >= 0.6 is 11.6 Å². The average Bonchev–Trinajstić information content (AvgIpc) is 2.36. The number of halogens is 1. The number of hydrogen-bond acceptors (Lipinski definition) is 2. The van der Waals surface area contributed by atoms with Crippen LogP contribution in [-0.4, -0.2) is 20.9 Å². The molecule has 1 aromatic rings. The van der Waals surface area contributed by atoms with Gasteiger partial charge in [-0.2, -0.15) is 5.10 Å². The molecule has 1 heterocycles. The molecule has 0 bridgehead atoms. The summed E-state index contributed by atoms with van der Waals surface area (Å²) < 4.78 is 1.58. The molecule has 1 unspecified atom stereocenters. The zero-order valence-electron chi connectivity index (χ0n) is 10.9. The van der Waals surface area contributed by atoms with E-state index in [0.29, 0.717) is 11.6 Å². The zero-order valence-corrected chi connectivity index (χ0v) is 11.7. The number of nitrogens with zero attached hydrogens (tertiary/aromatic N) is 2. The minimum atomic E-state index is -0.795. The molecule has 1 atom stereocenters. The first kappa shape index (κ1) is 14.0. The molecule has 1 N–H and O–H groups in total. The van der Waals surface area contributed by atoms with Gasteiger partial charge in [-0.15, -0.1) is 0 Å². The molecule has 0 aliphatic rings. The highest BCUT2D eigenvalue weighted by molar-refractivity contribution is 6.30. The van der Waals surface area contributed by atoms with Crippen molar-refractivity contribution in [3.63, 3.8) is 0 Å². The molecule has 4 nitrogen and oxygen atoms in total. The van der Waals surface area contributed by atoms with Crippen LogP contribution in [0, 0.1) is 18.3 Å². The van der Waals surface area contributed by atoms with E-state index in [0.717, 1.165) is 11.3 Å². The van der Waals surface area contributed by atoms with Gasteiger partial charge in [0.1, 0.15) is 5.15 Å². The number of carbonyl (C=O) groups is 1. The van der Waals surface area contributed by atoms with E-state index in [1.807, 2.05) is 27.7 Å². The summed E-state index contributed by atoms with van der Waals surface area (Å²) in [6, 6.07) is 0. The molecule has 5 heteroatoms. The summed E-state index contributed by atoms with van der Waals surface area (Å²) in [5.41, 5.74) is 1.32. The second-order valence-electron chi connectivity index (χ2n) is 5.44. The number of aliphatic carboxylic acids is 1. The van der Waals surface area contributed by atoms with Crippen LogP contribution in [0.1, 0.15) is 32.0 Å². The maximum Gasteiger partial charge on any atom is 0.307 e. The van der Waals surface area contributed by atoms with E-state index in [9.17, 15) is 9.90 Å². The molecule has 0 aliphatic heterocycles. The molecule has 0 amide bonds. The third kappa shape index (κ3) is 3.00. The fourth-order valence-corrected chi connectivity index (χ4v) is 2.13. The van der Waals surface area contributed by atoms with Crippen molar-refractivity contribution >= 4 is 17.6 Å². The van der Waals surface area contributed by atoms with Crippen LogP contribution < -0.4 is 0 Å². The quantitative estimate of drug-likeness (QED) is 0.907. The van der Waals surface area contributed by atoms with Crippen molar-refractivity contribution in [3.8, 4) is 0 Å². The van der Waals surface area contributed by atoms with Crippen LogP contribution in [-0.2, 0) is 18.3 Å². The van der Waals surface area contributed by atoms with Gasteiger partial charge >= 0.3 is 5.97 Å². The van der Waals surface area contributed by atoms with Crippen molar-refractivity contribution in [2.24, 2.45) is 18.4 Å². The highest BCUT2D eigenvalue weighted by Crippen LogP contribution is 2.32. The Hall–Kier alpha value is -1.03. The lowest BCUT2D eigenvalue weighted by Crippen LogP contribution is -2.30. The monoisotopic (exact) mass is 258 g/mol. The van der Waals surface area contributed by atoms with E-state index in [2.05, 4.69) is 5.10 Å². The van der Waals surface area contributed by atoms with Crippen LogP contribution in [0.25, 0.3) is 0 Å². The van der Waals surface area contributed by atoms with Crippen LogP contribution in [0.4, 0.5) is 0 Å². The summed E-state index contributed by atoms with van der Waals surface area (Å²) >= 11 is 6.12. The van der Waals surface area contributed by atoms with Crippen LogP contribution in [0.5, 0.6) is 0 Å². The molecule has 1 aromatic heterocycles. The van der Waals surface area contributed by atoms with Gasteiger partial charge < -0.3 is 5.11 Å². The average molecular weight is 259 g/mol. The number of aryl methyl sites for hydroxylation is 2. The summed E-state index contributed by atoms with van der Waals surface area (Å²) in [4.78, 5) is 11.3. The second kappa shape index (κ2) is 4.69. The third-order valence-corrected chi connectivity index (χ3v) is 3.49. The number of carboxylic acids is 1. The molecule has 17 heavy (non-hydrogen) atoms. The minimum Gasteiger partial charge on any atom is -0.481 e. The van der Waals surface area contributed by atoms with Gasteiger partial charge in [-0.1, -0.05) is 32.4 Å². The Kier molecular flexibility index (Phi) is 3.87. The Bertz CT molecular complexity index is 432. The van der Waals surface area contributed by atoms with Crippen LogP contribution in [0.2, 0.25) is 5.15 Å². The Morgan fingerprint density at radius 2 is 2.06 bits per heavy atom. The lowest BCUT2D eigenvalue weighted by molar-refractivity contribution is -0.145. The summed E-state index contributed by atoms with van der Waals surface area (Å²) in [7, 11) is 1.76. The first-order chi connectivity index (χ1) is 7.64. The molecule has 1 rings (SSSR count). The van der Waals surface area contributed by atoms with Gasteiger partial charge in [-0.3, -0.25) is 9.48 Å². The van der Waals surface area contributed by atoms with Gasteiger partial charge in [-0.05, 0) is 18.8 Å². The smallest absolute Gasteiger partial charge is 0.307 e. The highest BCUT2D eigenvalue weighted by atomic mass is 35.5. The van der Waals surface area contributed by atoms with Gasteiger partial charge in [0.05, 0.1) is 11.6 Å². The largest absolute Gasteiger partial charge is 0.481 e. The lowest BCUT2D eigenvalue weighted by atomic mass is 9.77. The van der Waals surface area contributed by atoms with Crippen molar-refractivity contribution in [1.29, 1.82) is 0 Å². The first-order valence-electron chi connectivity index (χ1n) is 5.55. The maximum absolute atomic E-state index is 11.3. The predicted octanol–water partition coefficient (Wildman–Crippen LogP) is 2.67. The van der Waals surface area contributed by atoms with Crippen molar-refractivity contribution < 1.29 is 9.90 Å². The molecule has 0 spiro atoms. The van der Waals surface area contributed by atoms with Crippen molar-refractivity contribution in [3.05, 3.63) is 16.4 Å². The highest BCUT2D eigenvalue weighted by Gasteiger charge is 2.33. The zero-order chi connectivity index (χ0) is 13.4. The van der Waals surface area contributed by atoms with E-state index >= 15 is 0 Å². The van der Waals surface area contributed by atoms with E-state index in [1.165, 1.54) is 0 Å². The molecular weight excluding hydrogens is 240 g/mol. The topological polar surface area (TPSA) is 55.1 Å². The fourth-order valence-electron chi connectivity index (χ4n) is 1.87. The Balaban J connectivity index is 3.07. The molecule has 0 saturated carbocycles. The lowest BCUT2D eigenvalue weighted by Gasteiger charge is -2.27.